The first kappa shape index (κ1) is 12.4. The summed E-state index contributed by atoms with van der Waals surface area (Å²) in [7, 11) is -3.54. The van der Waals surface area contributed by atoms with Crippen molar-refractivity contribution in [3.05, 3.63) is 0 Å². The van der Waals surface area contributed by atoms with Gasteiger partial charge in [-0.1, -0.05) is 0 Å². The molecule has 0 aromatic carbocycles. The lowest BCUT2D eigenvalue weighted by molar-refractivity contribution is -0.136. The maximum absolute atomic E-state index is 11.5. The van der Waals surface area contributed by atoms with Crippen molar-refractivity contribution in [3.63, 3.8) is 0 Å². The van der Waals surface area contributed by atoms with Crippen molar-refractivity contribution in [2.24, 2.45) is 0 Å². The second kappa shape index (κ2) is 5.40. The van der Waals surface area contributed by atoms with Gasteiger partial charge in [-0.05, 0) is 0 Å². The van der Waals surface area contributed by atoms with Gasteiger partial charge in [-0.3, -0.25) is 4.79 Å². The fraction of sp³-hybridized carbons (Fsp3) is 0.857. The Labute approximate surface area is 88.2 Å². The molecule has 1 rings (SSSR count). The van der Waals surface area contributed by atoms with Crippen LogP contribution in [0.5, 0.6) is 0 Å². The summed E-state index contributed by atoms with van der Waals surface area (Å²) in [4.78, 5) is 10.2. The number of hydrogen-bond acceptors (Lipinski definition) is 4. The predicted molar refractivity (Wildman–Crippen MR) is 51.6 cm³/mol. The van der Waals surface area contributed by atoms with Crippen LogP contribution in [-0.4, -0.2) is 56.6 Å². The van der Waals surface area contributed by atoms with Gasteiger partial charge in [0.05, 0.1) is 19.6 Å². The summed E-state index contributed by atoms with van der Waals surface area (Å²) in [5.41, 5.74) is 0. The van der Waals surface area contributed by atoms with Crippen LogP contribution in [0.4, 0.5) is 0 Å². The highest BCUT2D eigenvalue weighted by atomic mass is 32.2. The van der Waals surface area contributed by atoms with Crippen molar-refractivity contribution in [2.75, 3.05) is 32.8 Å². The fourth-order valence-electron chi connectivity index (χ4n) is 1.17. The van der Waals surface area contributed by atoms with E-state index < -0.39 is 16.2 Å². The highest BCUT2D eigenvalue weighted by Crippen LogP contribution is 2.02. The van der Waals surface area contributed by atoms with E-state index in [0.29, 0.717) is 26.3 Å². The third kappa shape index (κ3) is 4.12. The molecule has 8 heteroatoms. The Balaban J connectivity index is 2.40. The molecule has 88 valence electrons. The topological polar surface area (TPSA) is 95.9 Å². The Morgan fingerprint density at radius 3 is 2.53 bits per heavy atom. The smallest absolute Gasteiger partial charge is 0.304 e. The number of nitrogens with one attached hydrogen (secondary N) is 1. The molecule has 7 nitrogen and oxygen atoms in total. The molecule has 0 amide bonds. The molecule has 0 bridgehead atoms. The van der Waals surface area contributed by atoms with Crippen molar-refractivity contribution >= 4 is 16.2 Å². The summed E-state index contributed by atoms with van der Waals surface area (Å²) in [6.07, 6.45) is -0.219. The van der Waals surface area contributed by atoms with Gasteiger partial charge in [-0.15, -0.1) is 0 Å². The van der Waals surface area contributed by atoms with Crippen LogP contribution in [0.3, 0.4) is 0 Å². The molecule has 0 aromatic heterocycles. The van der Waals surface area contributed by atoms with Crippen molar-refractivity contribution in [2.45, 2.75) is 6.42 Å². The molecule has 0 atom stereocenters. The van der Waals surface area contributed by atoms with Gasteiger partial charge >= 0.3 is 5.97 Å². The zero-order valence-electron chi connectivity index (χ0n) is 8.18. The highest BCUT2D eigenvalue weighted by molar-refractivity contribution is 7.87. The van der Waals surface area contributed by atoms with E-state index in [1.54, 1.807) is 0 Å². The normalized spacial score (nSPS) is 18.9. The first-order valence-electron chi connectivity index (χ1n) is 4.56. The van der Waals surface area contributed by atoms with E-state index in [1.807, 2.05) is 0 Å². The summed E-state index contributed by atoms with van der Waals surface area (Å²) in [6.45, 7) is 1.28. The molecule has 0 saturated carbocycles. The molecule has 15 heavy (non-hydrogen) atoms. The Bertz CT molecular complexity index is 309. The molecule has 2 N–H and O–H groups in total. The van der Waals surface area contributed by atoms with Gasteiger partial charge in [0.25, 0.3) is 10.2 Å². The minimum Gasteiger partial charge on any atom is -0.481 e. The van der Waals surface area contributed by atoms with Crippen molar-refractivity contribution < 1.29 is 23.1 Å². The number of hydrogen-bond donors (Lipinski definition) is 2. The lowest BCUT2D eigenvalue weighted by Gasteiger charge is -2.25. The van der Waals surface area contributed by atoms with E-state index in [4.69, 9.17) is 9.84 Å². The molecule has 1 saturated heterocycles. The van der Waals surface area contributed by atoms with Crippen LogP contribution in [0, 0.1) is 0 Å². The number of carbonyl (C=O) groups is 1. The summed E-state index contributed by atoms with van der Waals surface area (Å²) in [6, 6.07) is 0. The number of morpholine rings is 1. The quantitative estimate of drug-likeness (QED) is 0.616. The van der Waals surface area contributed by atoms with Crippen LogP contribution in [0.25, 0.3) is 0 Å². The lowest BCUT2D eigenvalue weighted by atomic mass is 10.5. The molecule has 1 heterocycles. The van der Waals surface area contributed by atoms with E-state index in [1.165, 1.54) is 4.31 Å². The minimum absolute atomic E-state index is 0.0883. The lowest BCUT2D eigenvalue weighted by Crippen LogP contribution is -2.47. The molecule has 1 fully saturated rings. The zero-order chi connectivity index (χ0) is 11.3. The Morgan fingerprint density at radius 1 is 1.40 bits per heavy atom. The molecule has 0 radical (unpaired) electrons. The van der Waals surface area contributed by atoms with Gasteiger partial charge in [0, 0.05) is 19.6 Å². The van der Waals surface area contributed by atoms with E-state index in [2.05, 4.69) is 4.72 Å². The van der Waals surface area contributed by atoms with E-state index in [9.17, 15) is 13.2 Å². The number of rotatable bonds is 5. The minimum atomic E-state index is -3.54. The van der Waals surface area contributed by atoms with Crippen LogP contribution >= 0.6 is 0 Å². The SMILES string of the molecule is O=C(O)CCNS(=O)(=O)N1CCOCC1. The molecule has 1 aliphatic heterocycles. The number of nitrogens with zero attached hydrogens (tertiary/aromatic N) is 1. The van der Waals surface area contributed by atoms with Gasteiger partial charge in [0.1, 0.15) is 0 Å². The van der Waals surface area contributed by atoms with Crippen LogP contribution in [-0.2, 0) is 19.7 Å². The van der Waals surface area contributed by atoms with Crippen LogP contribution in [0.1, 0.15) is 6.42 Å². The van der Waals surface area contributed by atoms with Crippen LogP contribution in [0.15, 0.2) is 0 Å². The standard InChI is InChI=1S/C7H14N2O5S/c10-7(11)1-2-8-15(12,13)9-3-5-14-6-4-9/h8H,1-6H2,(H,10,11). The predicted octanol–water partition coefficient (Wildman–Crippen LogP) is -1.37. The first-order valence-corrected chi connectivity index (χ1v) is 6.00. The van der Waals surface area contributed by atoms with E-state index in [0.717, 1.165) is 0 Å². The summed E-state index contributed by atoms with van der Waals surface area (Å²) >= 11 is 0. The largest absolute Gasteiger partial charge is 0.481 e. The van der Waals surface area contributed by atoms with Gasteiger partial charge in [0.2, 0.25) is 0 Å². The number of aliphatic carboxylic acids is 1. The molecule has 0 unspecified atom stereocenters. The molecule has 0 aliphatic carbocycles. The van der Waals surface area contributed by atoms with Crippen LogP contribution < -0.4 is 4.72 Å². The average molecular weight is 238 g/mol. The van der Waals surface area contributed by atoms with Crippen molar-refractivity contribution in [3.8, 4) is 0 Å². The molecular weight excluding hydrogens is 224 g/mol. The third-order valence-electron chi connectivity index (χ3n) is 1.93. The number of carboxylic acids is 1. The average Bonchev–Trinajstić information content (AvgIpc) is 2.18. The van der Waals surface area contributed by atoms with Gasteiger partial charge in [0.15, 0.2) is 0 Å². The number of ether oxygens (including phenoxy) is 1. The van der Waals surface area contributed by atoms with Crippen LogP contribution in [0.2, 0.25) is 0 Å². The molecule has 0 spiro atoms. The van der Waals surface area contributed by atoms with Gasteiger partial charge in [-0.2, -0.15) is 12.7 Å². The van der Waals surface area contributed by atoms with E-state index >= 15 is 0 Å². The summed E-state index contributed by atoms with van der Waals surface area (Å²) < 4.78 is 31.5. The second-order valence-corrected chi connectivity index (χ2v) is 4.81. The Kier molecular flexibility index (Phi) is 4.45. The van der Waals surface area contributed by atoms with Crippen molar-refractivity contribution in [1.29, 1.82) is 0 Å². The first-order chi connectivity index (χ1) is 7.02. The highest BCUT2D eigenvalue weighted by Gasteiger charge is 2.23. The third-order valence-corrected chi connectivity index (χ3v) is 3.55. The monoisotopic (exact) mass is 238 g/mol. The van der Waals surface area contributed by atoms with E-state index in [-0.39, 0.29) is 13.0 Å². The Hall–Kier alpha value is -0.700. The molecular formula is C7H14N2O5S. The van der Waals surface area contributed by atoms with Gasteiger partial charge < -0.3 is 9.84 Å². The van der Waals surface area contributed by atoms with Crippen molar-refractivity contribution in [1.82, 2.24) is 9.03 Å². The maximum Gasteiger partial charge on any atom is 0.304 e. The summed E-state index contributed by atoms with van der Waals surface area (Å²) in [5, 5.41) is 8.35. The molecule has 0 aromatic rings. The summed E-state index contributed by atoms with van der Waals surface area (Å²) in [5.74, 6) is -1.03. The molecule has 1 aliphatic rings. The Morgan fingerprint density at radius 2 is 2.00 bits per heavy atom. The maximum atomic E-state index is 11.5. The number of carboxylic acid groups (broad SMARTS) is 1. The fourth-order valence-corrected chi connectivity index (χ4v) is 2.34. The van der Waals surface area contributed by atoms with Gasteiger partial charge in [-0.25, -0.2) is 4.72 Å². The second-order valence-electron chi connectivity index (χ2n) is 3.05. The zero-order valence-corrected chi connectivity index (χ0v) is 8.99.